The predicted octanol–water partition coefficient (Wildman–Crippen LogP) is 14.9. The first-order valence-electron chi connectivity index (χ1n) is 19.2. The van der Waals surface area contributed by atoms with Crippen LogP contribution < -0.4 is 4.90 Å². The minimum Gasteiger partial charge on any atom is -0.310 e. The number of rotatable bonds is 8. The van der Waals surface area contributed by atoms with Crippen molar-refractivity contribution < 1.29 is 0 Å². The summed E-state index contributed by atoms with van der Waals surface area (Å²) in [6.45, 7) is 0. The summed E-state index contributed by atoms with van der Waals surface area (Å²) in [5.41, 5.74) is 16.3. The molecule has 2 nitrogen and oxygen atoms in total. The number of hydrogen-bond acceptors (Lipinski definition) is 1. The molecule has 0 N–H and O–H groups in total. The smallest absolute Gasteiger partial charge is 0.0547 e. The molecule has 0 saturated carbocycles. The maximum atomic E-state index is 2.39. The Kier molecular flexibility index (Phi) is 8.55. The first kappa shape index (κ1) is 33.2. The number of benzene rings is 9. The molecule has 56 heavy (non-hydrogen) atoms. The number of aromatic nitrogens is 1. The van der Waals surface area contributed by atoms with Gasteiger partial charge in [0.1, 0.15) is 0 Å². The van der Waals surface area contributed by atoms with Crippen LogP contribution >= 0.6 is 0 Å². The molecule has 1 heterocycles. The summed E-state index contributed by atoms with van der Waals surface area (Å²) in [5.74, 6) is 0. The normalized spacial score (nSPS) is 11.2. The van der Waals surface area contributed by atoms with Gasteiger partial charge in [0.15, 0.2) is 0 Å². The zero-order valence-electron chi connectivity index (χ0n) is 30.8. The molecule has 10 aromatic rings. The van der Waals surface area contributed by atoms with E-state index in [0.717, 1.165) is 22.7 Å². The van der Waals surface area contributed by atoms with Crippen molar-refractivity contribution in [2.24, 2.45) is 0 Å². The van der Waals surface area contributed by atoms with Gasteiger partial charge in [-0.1, -0.05) is 164 Å². The third-order valence-corrected chi connectivity index (χ3v) is 10.8. The van der Waals surface area contributed by atoms with Crippen molar-refractivity contribution in [1.82, 2.24) is 4.57 Å². The van der Waals surface area contributed by atoms with E-state index < -0.39 is 0 Å². The second kappa shape index (κ2) is 14.4. The lowest BCUT2D eigenvalue weighted by atomic mass is 9.96. The molecule has 0 amide bonds. The van der Waals surface area contributed by atoms with Crippen LogP contribution in [0.25, 0.3) is 72.0 Å². The van der Waals surface area contributed by atoms with Gasteiger partial charge in [0, 0.05) is 33.5 Å². The molecule has 9 aromatic carbocycles. The van der Waals surface area contributed by atoms with Crippen molar-refractivity contribution in [3.63, 3.8) is 0 Å². The summed E-state index contributed by atoms with van der Waals surface area (Å²) in [6, 6.07) is 83.0. The van der Waals surface area contributed by atoms with Gasteiger partial charge in [-0.25, -0.2) is 0 Å². The molecule has 10 rings (SSSR count). The fraction of sp³-hybridized carbons (Fsp3) is 0. The summed E-state index contributed by atoms with van der Waals surface area (Å²) in [4.78, 5) is 2.39. The lowest BCUT2D eigenvalue weighted by molar-refractivity contribution is 1.18. The number of anilines is 3. The van der Waals surface area contributed by atoms with Crippen molar-refractivity contribution in [2.45, 2.75) is 0 Å². The van der Waals surface area contributed by atoms with Crippen LogP contribution in [-0.2, 0) is 0 Å². The SMILES string of the molecule is c1ccc(-c2ccc(N(c3ccc(-c4cccc5c4c4ccccc4n5-c4ccccc4)cc3)c3cc(-c4ccccc4)cc(-c4ccccc4)c3)cc2)cc1. The number of fused-ring (bicyclic) bond motifs is 3. The van der Waals surface area contributed by atoms with Gasteiger partial charge in [0.2, 0.25) is 0 Å². The molecule has 2 heteroatoms. The molecular weight excluding hydrogens is 677 g/mol. The van der Waals surface area contributed by atoms with Crippen LogP contribution in [0.3, 0.4) is 0 Å². The third kappa shape index (κ3) is 6.14. The van der Waals surface area contributed by atoms with Gasteiger partial charge in [0.05, 0.1) is 11.0 Å². The molecule has 0 aliphatic heterocycles. The quantitative estimate of drug-likeness (QED) is 0.152. The molecule has 0 fully saturated rings. The first-order chi connectivity index (χ1) is 27.8. The molecule has 0 bridgehead atoms. The van der Waals surface area contributed by atoms with Crippen molar-refractivity contribution in [3.8, 4) is 50.2 Å². The van der Waals surface area contributed by atoms with E-state index in [4.69, 9.17) is 0 Å². The van der Waals surface area contributed by atoms with Gasteiger partial charge in [0.25, 0.3) is 0 Å². The fourth-order valence-electron chi connectivity index (χ4n) is 8.12. The highest BCUT2D eigenvalue weighted by Gasteiger charge is 2.19. The zero-order chi connectivity index (χ0) is 37.3. The molecule has 0 aliphatic carbocycles. The molecule has 0 saturated heterocycles. The van der Waals surface area contributed by atoms with E-state index >= 15 is 0 Å². The van der Waals surface area contributed by atoms with E-state index in [0.29, 0.717) is 0 Å². The van der Waals surface area contributed by atoms with Gasteiger partial charge in [-0.15, -0.1) is 0 Å². The Labute approximate surface area is 327 Å². The summed E-state index contributed by atoms with van der Waals surface area (Å²) in [7, 11) is 0. The van der Waals surface area contributed by atoms with E-state index in [2.05, 4.69) is 240 Å². The van der Waals surface area contributed by atoms with Gasteiger partial charge in [-0.2, -0.15) is 0 Å². The Balaban J connectivity index is 1.13. The molecule has 0 radical (unpaired) electrons. The molecule has 264 valence electrons. The van der Waals surface area contributed by atoms with E-state index in [1.54, 1.807) is 0 Å². The van der Waals surface area contributed by atoms with Gasteiger partial charge in [-0.3, -0.25) is 0 Å². The minimum atomic E-state index is 1.09. The Hall–Kier alpha value is -7.42. The first-order valence-corrected chi connectivity index (χ1v) is 19.2. The highest BCUT2D eigenvalue weighted by molar-refractivity contribution is 6.15. The largest absolute Gasteiger partial charge is 0.310 e. The average Bonchev–Trinajstić information content (AvgIpc) is 3.63. The monoisotopic (exact) mass is 714 g/mol. The molecular formula is C54H38N2. The van der Waals surface area contributed by atoms with Gasteiger partial charge in [-0.05, 0) is 111 Å². The minimum absolute atomic E-state index is 1.09. The van der Waals surface area contributed by atoms with Crippen molar-refractivity contribution in [2.75, 3.05) is 4.90 Å². The molecule has 0 aliphatic rings. The highest BCUT2D eigenvalue weighted by Crippen LogP contribution is 2.43. The highest BCUT2D eigenvalue weighted by atomic mass is 15.1. The van der Waals surface area contributed by atoms with E-state index in [1.807, 2.05) is 0 Å². The van der Waals surface area contributed by atoms with Crippen LogP contribution in [0.15, 0.2) is 231 Å². The maximum absolute atomic E-state index is 2.39. The van der Waals surface area contributed by atoms with Gasteiger partial charge >= 0.3 is 0 Å². The van der Waals surface area contributed by atoms with Crippen LogP contribution in [0.1, 0.15) is 0 Å². The topological polar surface area (TPSA) is 8.17 Å². The predicted molar refractivity (Wildman–Crippen MR) is 237 cm³/mol. The van der Waals surface area contributed by atoms with Crippen LogP contribution in [0.5, 0.6) is 0 Å². The Morgan fingerprint density at radius 1 is 0.286 bits per heavy atom. The molecule has 0 atom stereocenters. The Bertz CT molecular complexity index is 2860. The van der Waals surface area contributed by atoms with Crippen LogP contribution in [0.2, 0.25) is 0 Å². The summed E-state index contributed by atoms with van der Waals surface area (Å²) < 4.78 is 2.38. The van der Waals surface area contributed by atoms with E-state index in [1.165, 1.54) is 66.3 Å². The van der Waals surface area contributed by atoms with Crippen LogP contribution in [0.4, 0.5) is 17.1 Å². The Morgan fingerprint density at radius 3 is 1.30 bits per heavy atom. The number of nitrogens with zero attached hydrogens (tertiary/aromatic N) is 2. The zero-order valence-corrected chi connectivity index (χ0v) is 30.8. The van der Waals surface area contributed by atoms with Gasteiger partial charge < -0.3 is 9.47 Å². The average molecular weight is 715 g/mol. The lowest BCUT2D eigenvalue weighted by Gasteiger charge is -2.27. The summed E-state index contributed by atoms with van der Waals surface area (Å²) in [6.07, 6.45) is 0. The second-order valence-electron chi connectivity index (χ2n) is 14.2. The van der Waals surface area contributed by atoms with Crippen molar-refractivity contribution in [3.05, 3.63) is 231 Å². The summed E-state index contributed by atoms with van der Waals surface area (Å²) >= 11 is 0. The Morgan fingerprint density at radius 2 is 0.732 bits per heavy atom. The summed E-state index contributed by atoms with van der Waals surface area (Å²) in [5, 5.41) is 2.51. The van der Waals surface area contributed by atoms with Crippen molar-refractivity contribution >= 4 is 38.9 Å². The van der Waals surface area contributed by atoms with E-state index in [9.17, 15) is 0 Å². The third-order valence-electron chi connectivity index (χ3n) is 10.8. The van der Waals surface area contributed by atoms with Crippen LogP contribution in [0, 0.1) is 0 Å². The number of hydrogen-bond donors (Lipinski definition) is 0. The van der Waals surface area contributed by atoms with E-state index in [-0.39, 0.29) is 0 Å². The van der Waals surface area contributed by atoms with Crippen molar-refractivity contribution in [1.29, 1.82) is 0 Å². The lowest BCUT2D eigenvalue weighted by Crippen LogP contribution is -2.10. The standard InChI is InChI=1S/C54H38N2/c1-5-16-39(17-6-1)42-28-32-47(33-29-42)55(49-37-44(40-18-7-2-8-19-40)36-45(38-49)41-20-9-3-10-21-41)48-34-30-43(31-35-48)50-25-15-27-53-54(50)51-24-13-14-26-52(51)56(53)46-22-11-4-12-23-46/h1-38H. The number of para-hydroxylation sites is 2. The van der Waals surface area contributed by atoms with Crippen LogP contribution in [-0.4, -0.2) is 4.57 Å². The second-order valence-corrected chi connectivity index (χ2v) is 14.2. The molecule has 0 spiro atoms. The maximum Gasteiger partial charge on any atom is 0.0547 e. The fourth-order valence-corrected chi connectivity index (χ4v) is 8.12. The molecule has 0 unspecified atom stereocenters. The molecule has 1 aromatic heterocycles.